The number of benzene rings is 2. The Bertz CT molecular complexity index is 1260. The molecule has 1 aliphatic heterocycles. The Labute approximate surface area is 203 Å². The second kappa shape index (κ2) is 10.3. The van der Waals surface area contributed by atoms with E-state index in [0.717, 1.165) is 16.9 Å². The first-order valence-electron chi connectivity index (χ1n) is 11.5. The van der Waals surface area contributed by atoms with Gasteiger partial charge in [-0.25, -0.2) is 15.0 Å². The molecule has 35 heavy (non-hydrogen) atoms. The van der Waals surface area contributed by atoms with E-state index in [0.29, 0.717) is 43.5 Å². The molecular formula is C27H26N6O2. The van der Waals surface area contributed by atoms with Crippen molar-refractivity contribution in [3.05, 3.63) is 97.0 Å². The Morgan fingerprint density at radius 3 is 2.14 bits per heavy atom. The van der Waals surface area contributed by atoms with Gasteiger partial charge in [-0.1, -0.05) is 36.4 Å². The summed E-state index contributed by atoms with van der Waals surface area (Å²) >= 11 is 0. The molecule has 1 fully saturated rings. The molecule has 3 N–H and O–H groups in total. The van der Waals surface area contributed by atoms with Crippen molar-refractivity contribution in [3.63, 3.8) is 0 Å². The van der Waals surface area contributed by atoms with E-state index in [9.17, 15) is 4.79 Å². The van der Waals surface area contributed by atoms with Crippen LogP contribution in [0.3, 0.4) is 0 Å². The molecule has 0 atom stereocenters. The van der Waals surface area contributed by atoms with E-state index in [4.69, 9.17) is 4.74 Å². The predicted octanol–water partition coefficient (Wildman–Crippen LogP) is 5.05. The van der Waals surface area contributed by atoms with Crippen LogP contribution < -0.4 is 16.0 Å². The van der Waals surface area contributed by atoms with Gasteiger partial charge < -0.3 is 20.7 Å². The van der Waals surface area contributed by atoms with Crippen molar-refractivity contribution in [2.45, 2.75) is 18.3 Å². The molecule has 4 aromatic rings. The first-order valence-corrected chi connectivity index (χ1v) is 11.5. The number of hydrogen-bond acceptors (Lipinski definition) is 7. The number of anilines is 5. The summed E-state index contributed by atoms with van der Waals surface area (Å²) < 4.78 is 5.55. The second-order valence-electron chi connectivity index (χ2n) is 8.35. The summed E-state index contributed by atoms with van der Waals surface area (Å²) in [5.74, 6) is 1.97. The van der Waals surface area contributed by atoms with Crippen LogP contribution in [0.5, 0.6) is 0 Å². The van der Waals surface area contributed by atoms with E-state index in [1.807, 2.05) is 72.8 Å². The summed E-state index contributed by atoms with van der Waals surface area (Å²) in [5, 5.41) is 9.53. The van der Waals surface area contributed by atoms with E-state index in [1.165, 1.54) is 6.33 Å². The number of aromatic nitrogens is 3. The van der Waals surface area contributed by atoms with Crippen molar-refractivity contribution in [2.75, 3.05) is 29.2 Å². The third kappa shape index (κ3) is 5.28. The molecule has 0 radical (unpaired) electrons. The van der Waals surface area contributed by atoms with Crippen molar-refractivity contribution in [3.8, 4) is 0 Å². The van der Waals surface area contributed by atoms with Crippen LogP contribution in [0.1, 0.15) is 18.4 Å². The normalized spacial score (nSPS) is 14.6. The predicted molar refractivity (Wildman–Crippen MR) is 136 cm³/mol. The van der Waals surface area contributed by atoms with Gasteiger partial charge in [-0.2, -0.15) is 0 Å². The van der Waals surface area contributed by atoms with Gasteiger partial charge in [-0.3, -0.25) is 4.79 Å². The molecule has 1 aliphatic rings. The summed E-state index contributed by atoms with van der Waals surface area (Å²) in [5.41, 5.74) is 2.02. The highest BCUT2D eigenvalue weighted by Crippen LogP contribution is 2.36. The van der Waals surface area contributed by atoms with Crippen molar-refractivity contribution >= 4 is 34.7 Å². The van der Waals surface area contributed by atoms with Gasteiger partial charge in [-0.05, 0) is 54.8 Å². The number of amides is 1. The van der Waals surface area contributed by atoms with E-state index in [1.54, 1.807) is 12.3 Å². The fourth-order valence-electron chi connectivity index (χ4n) is 4.22. The zero-order valence-electron chi connectivity index (χ0n) is 19.1. The van der Waals surface area contributed by atoms with Crippen LogP contribution in [0, 0.1) is 0 Å². The summed E-state index contributed by atoms with van der Waals surface area (Å²) in [6.07, 6.45) is 4.52. The molecule has 2 aromatic carbocycles. The average molecular weight is 467 g/mol. The van der Waals surface area contributed by atoms with Gasteiger partial charge >= 0.3 is 0 Å². The lowest BCUT2D eigenvalue weighted by atomic mass is 9.73. The third-order valence-corrected chi connectivity index (χ3v) is 6.11. The summed E-state index contributed by atoms with van der Waals surface area (Å²) in [7, 11) is 0. The molecule has 0 bridgehead atoms. The molecular weight excluding hydrogens is 440 g/mol. The summed E-state index contributed by atoms with van der Waals surface area (Å²) in [6, 6.07) is 25.0. The zero-order valence-corrected chi connectivity index (χ0v) is 19.1. The van der Waals surface area contributed by atoms with E-state index >= 15 is 0 Å². The molecule has 8 heteroatoms. The van der Waals surface area contributed by atoms with Crippen LogP contribution in [0.2, 0.25) is 0 Å². The number of carbonyl (C=O) groups is 1. The van der Waals surface area contributed by atoms with Crippen LogP contribution in [0.4, 0.5) is 28.8 Å². The Morgan fingerprint density at radius 2 is 1.43 bits per heavy atom. The van der Waals surface area contributed by atoms with Crippen LogP contribution >= 0.6 is 0 Å². The maximum Gasteiger partial charge on any atom is 0.235 e. The Hall–Kier alpha value is -4.30. The second-order valence-corrected chi connectivity index (χ2v) is 8.35. The summed E-state index contributed by atoms with van der Waals surface area (Å²) in [4.78, 5) is 26.2. The van der Waals surface area contributed by atoms with Crippen LogP contribution in [-0.2, 0) is 14.9 Å². The lowest BCUT2D eigenvalue weighted by Gasteiger charge is -2.36. The number of ether oxygens (including phenoxy) is 1. The first-order chi connectivity index (χ1) is 17.2. The minimum absolute atomic E-state index is 0.00579. The number of carbonyl (C=O) groups excluding carboxylic acids is 1. The SMILES string of the molecule is O=C(Nc1ccc(Nc2cc(Nc3ccccn3)ncn2)cc1)C1(c2ccccc2)CCOCC1. The van der Waals surface area contributed by atoms with Crippen molar-refractivity contribution in [2.24, 2.45) is 0 Å². The van der Waals surface area contributed by atoms with Crippen LogP contribution in [0.15, 0.2) is 91.4 Å². The Balaban J connectivity index is 1.26. The number of pyridine rings is 1. The standard InChI is InChI=1S/C27H26N6O2/c34-26(27(13-16-35-17-14-27)20-6-2-1-3-7-20)32-22-11-9-21(10-12-22)31-24-18-25(30-19-29-24)33-23-8-4-5-15-28-23/h1-12,15,18-19H,13-14,16-17H2,(H,32,34)(H2,28,29,30,31,33). The van der Waals surface area contributed by atoms with Crippen molar-refractivity contribution in [1.29, 1.82) is 0 Å². The average Bonchev–Trinajstić information content (AvgIpc) is 2.91. The Morgan fingerprint density at radius 1 is 0.743 bits per heavy atom. The lowest BCUT2D eigenvalue weighted by molar-refractivity contribution is -0.125. The molecule has 1 saturated heterocycles. The van der Waals surface area contributed by atoms with Crippen molar-refractivity contribution in [1.82, 2.24) is 15.0 Å². The molecule has 176 valence electrons. The zero-order chi connectivity index (χ0) is 23.9. The maximum atomic E-state index is 13.4. The number of rotatable bonds is 7. The fourth-order valence-corrected chi connectivity index (χ4v) is 4.22. The van der Waals surface area contributed by atoms with Gasteiger partial charge in [0, 0.05) is 36.9 Å². The molecule has 5 rings (SSSR count). The number of nitrogens with one attached hydrogen (secondary N) is 3. The maximum absolute atomic E-state index is 13.4. The van der Waals surface area contributed by atoms with Gasteiger partial charge in [-0.15, -0.1) is 0 Å². The largest absolute Gasteiger partial charge is 0.381 e. The highest BCUT2D eigenvalue weighted by molar-refractivity contribution is 5.99. The van der Waals surface area contributed by atoms with Gasteiger partial charge in [0.2, 0.25) is 5.91 Å². The highest BCUT2D eigenvalue weighted by Gasteiger charge is 2.41. The molecule has 3 heterocycles. The monoisotopic (exact) mass is 466 g/mol. The van der Waals surface area contributed by atoms with Gasteiger partial charge in [0.25, 0.3) is 0 Å². The topological polar surface area (TPSA) is 101 Å². The summed E-state index contributed by atoms with van der Waals surface area (Å²) in [6.45, 7) is 1.14. The van der Waals surface area contributed by atoms with Crippen molar-refractivity contribution < 1.29 is 9.53 Å². The van der Waals surface area contributed by atoms with Crippen LogP contribution in [-0.4, -0.2) is 34.1 Å². The lowest BCUT2D eigenvalue weighted by Crippen LogP contribution is -2.44. The highest BCUT2D eigenvalue weighted by atomic mass is 16.5. The van der Waals surface area contributed by atoms with E-state index in [-0.39, 0.29) is 5.91 Å². The smallest absolute Gasteiger partial charge is 0.235 e. The van der Waals surface area contributed by atoms with Gasteiger partial charge in [0.1, 0.15) is 23.8 Å². The van der Waals surface area contributed by atoms with E-state index < -0.39 is 5.41 Å². The van der Waals surface area contributed by atoms with Crippen LogP contribution in [0.25, 0.3) is 0 Å². The molecule has 0 spiro atoms. The third-order valence-electron chi connectivity index (χ3n) is 6.11. The van der Waals surface area contributed by atoms with Gasteiger partial charge in [0.15, 0.2) is 0 Å². The van der Waals surface area contributed by atoms with Gasteiger partial charge in [0.05, 0.1) is 5.41 Å². The molecule has 0 unspecified atom stereocenters. The first kappa shape index (κ1) is 22.5. The molecule has 0 saturated carbocycles. The quantitative estimate of drug-likeness (QED) is 0.350. The minimum atomic E-state index is -0.589. The molecule has 2 aromatic heterocycles. The molecule has 0 aliphatic carbocycles. The fraction of sp³-hybridized carbons (Fsp3) is 0.185. The number of hydrogen-bond donors (Lipinski definition) is 3. The van der Waals surface area contributed by atoms with E-state index in [2.05, 4.69) is 30.9 Å². The number of nitrogens with zero attached hydrogens (tertiary/aromatic N) is 3. The molecule has 8 nitrogen and oxygen atoms in total. The Kier molecular flexibility index (Phi) is 6.63. The molecule has 1 amide bonds. The minimum Gasteiger partial charge on any atom is -0.381 e.